The van der Waals surface area contributed by atoms with E-state index in [4.69, 9.17) is 4.74 Å². The molecule has 0 atom stereocenters. The van der Waals surface area contributed by atoms with Crippen molar-refractivity contribution in [3.8, 4) is 11.4 Å². The van der Waals surface area contributed by atoms with Crippen molar-refractivity contribution < 1.29 is 13.2 Å². The highest BCUT2D eigenvalue weighted by Gasteiger charge is 2.30. The van der Waals surface area contributed by atoms with E-state index in [1.807, 2.05) is 69.3 Å². The van der Waals surface area contributed by atoms with Crippen molar-refractivity contribution >= 4 is 10.0 Å². The Morgan fingerprint density at radius 1 is 1.07 bits per heavy atom. The molecule has 0 unspecified atom stereocenters. The molecule has 2 aromatic carbocycles. The van der Waals surface area contributed by atoms with E-state index in [-0.39, 0.29) is 11.4 Å². The first kappa shape index (κ1) is 20.1. The normalized spacial score (nSPS) is 12.1. The average Bonchev–Trinajstić information content (AvgIpc) is 3.14. The van der Waals surface area contributed by atoms with E-state index in [1.165, 1.54) is 0 Å². The number of nitrogens with one attached hydrogen (secondary N) is 1. The van der Waals surface area contributed by atoms with Crippen molar-refractivity contribution in [2.24, 2.45) is 0 Å². The lowest BCUT2D eigenvalue weighted by Crippen LogP contribution is -2.26. The summed E-state index contributed by atoms with van der Waals surface area (Å²) in [5, 5.41) is 4.58. The van der Waals surface area contributed by atoms with E-state index in [2.05, 4.69) is 9.82 Å². The molecular weight excluding hydrogens is 374 g/mol. The predicted octanol–water partition coefficient (Wildman–Crippen LogP) is 3.66. The highest BCUT2D eigenvalue weighted by Crippen LogP contribution is 2.29. The highest BCUT2D eigenvalue weighted by atomic mass is 32.2. The second-order valence-electron chi connectivity index (χ2n) is 7.55. The molecule has 0 saturated carbocycles. The Hall–Kier alpha value is -2.64. The highest BCUT2D eigenvalue weighted by molar-refractivity contribution is 7.89. The zero-order valence-corrected chi connectivity index (χ0v) is 17.3. The summed E-state index contributed by atoms with van der Waals surface area (Å²) in [5.41, 5.74) is 1.72. The Bertz CT molecular complexity index is 1050. The van der Waals surface area contributed by atoms with E-state index < -0.39 is 15.4 Å². The molecule has 0 saturated heterocycles. The molecule has 0 aliphatic carbocycles. The van der Waals surface area contributed by atoms with Crippen molar-refractivity contribution in [3.05, 3.63) is 72.1 Å². The summed E-state index contributed by atoms with van der Waals surface area (Å²) in [6.07, 6.45) is 1.57. The minimum Gasteiger partial charge on any atom is -0.497 e. The van der Waals surface area contributed by atoms with Crippen LogP contribution in [0, 0.1) is 0 Å². The Labute approximate surface area is 166 Å². The molecule has 0 amide bonds. The average molecular weight is 400 g/mol. The molecule has 28 heavy (non-hydrogen) atoms. The molecule has 0 aliphatic heterocycles. The van der Waals surface area contributed by atoms with E-state index in [9.17, 15) is 8.42 Å². The lowest BCUT2D eigenvalue weighted by molar-refractivity contribution is 0.414. The summed E-state index contributed by atoms with van der Waals surface area (Å²) in [6, 6.07) is 16.8. The number of methoxy groups -OCH3 is 1. The number of ether oxygens (including phenoxy) is 1. The second-order valence-corrected chi connectivity index (χ2v) is 9.28. The van der Waals surface area contributed by atoms with Gasteiger partial charge in [0.25, 0.3) is 0 Å². The van der Waals surface area contributed by atoms with E-state index in [1.54, 1.807) is 24.1 Å². The Balaban J connectivity index is 1.94. The van der Waals surface area contributed by atoms with Gasteiger partial charge in [-0.3, -0.25) is 0 Å². The molecule has 148 valence electrons. The number of para-hydroxylation sites is 1. The minimum atomic E-state index is -3.75. The molecule has 1 aromatic heterocycles. The maximum Gasteiger partial charge on any atom is 0.244 e. The summed E-state index contributed by atoms with van der Waals surface area (Å²) >= 11 is 0. The molecule has 0 fully saturated rings. The summed E-state index contributed by atoms with van der Waals surface area (Å²) in [5.74, 6) is 0.684. The molecular formula is C21H25N3O3S. The molecule has 7 heteroatoms. The maximum atomic E-state index is 13.1. The molecule has 3 aromatic rings. The van der Waals surface area contributed by atoms with E-state index in [0.29, 0.717) is 11.4 Å². The summed E-state index contributed by atoms with van der Waals surface area (Å²) in [4.78, 5) is 0.187. The molecule has 0 aliphatic rings. The molecule has 3 rings (SSSR count). The van der Waals surface area contributed by atoms with Gasteiger partial charge in [0.1, 0.15) is 10.6 Å². The predicted molar refractivity (Wildman–Crippen MR) is 109 cm³/mol. The van der Waals surface area contributed by atoms with Gasteiger partial charge in [-0.15, -0.1) is 0 Å². The van der Waals surface area contributed by atoms with Crippen LogP contribution in [0.1, 0.15) is 32.0 Å². The van der Waals surface area contributed by atoms with Crippen molar-refractivity contribution in [1.29, 1.82) is 0 Å². The van der Waals surface area contributed by atoms with Gasteiger partial charge in [0.15, 0.2) is 0 Å². The van der Waals surface area contributed by atoms with Crippen molar-refractivity contribution in [2.45, 2.75) is 37.6 Å². The number of rotatable bonds is 6. The summed E-state index contributed by atoms with van der Waals surface area (Å²) < 4.78 is 35.6. The van der Waals surface area contributed by atoms with Crippen LogP contribution in [-0.2, 0) is 22.0 Å². The van der Waals surface area contributed by atoms with Gasteiger partial charge in [-0.05, 0) is 29.8 Å². The van der Waals surface area contributed by atoms with Crippen LogP contribution in [0.3, 0.4) is 0 Å². The monoisotopic (exact) mass is 399 g/mol. The molecule has 0 radical (unpaired) electrons. The lowest BCUT2D eigenvalue weighted by atomic mass is 9.92. The topological polar surface area (TPSA) is 73.2 Å². The fraction of sp³-hybridized carbons (Fsp3) is 0.286. The van der Waals surface area contributed by atoms with Gasteiger partial charge in [0, 0.05) is 12.0 Å². The molecule has 0 bridgehead atoms. The first-order valence-electron chi connectivity index (χ1n) is 8.99. The Morgan fingerprint density at radius 3 is 2.43 bits per heavy atom. The van der Waals surface area contributed by atoms with Crippen molar-refractivity contribution in [3.63, 3.8) is 0 Å². The third kappa shape index (κ3) is 4.43. The molecule has 1 N–H and O–H groups in total. The first-order chi connectivity index (χ1) is 13.2. The number of hydrogen-bond acceptors (Lipinski definition) is 4. The smallest absolute Gasteiger partial charge is 0.244 e. The standard InChI is InChI=1S/C21H25N3O3S/c1-21(2,3)20-19(15-24(23-20)17-10-6-5-7-11-17)28(25,26)22-14-16-9-8-12-18(13-16)27-4/h5-13,15,22H,14H2,1-4H3. The van der Waals surface area contributed by atoms with Crippen LogP contribution >= 0.6 is 0 Å². The van der Waals surface area contributed by atoms with E-state index in [0.717, 1.165) is 11.3 Å². The fourth-order valence-corrected chi connectivity index (χ4v) is 4.18. The van der Waals surface area contributed by atoms with Crippen LogP contribution in [0.15, 0.2) is 65.7 Å². The number of benzene rings is 2. The van der Waals surface area contributed by atoms with Crippen LogP contribution in [0.4, 0.5) is 0 Å². The fourth-order valence-electron chi connectivity index (χ4n) is 2.83. The second kappa shape index (κ2) is 7.77. The van der Waals surface area contributed by atoms with Gasteiger partial charge < -0.3 is 4.74 Å². The van der Waals surface area contributed by atoms with Crippen LogP contribution < -0.4 is 9.46 Å². The van der Waals surface area contributed by atoms with Gasteiger partial charge in [0.05, 0.1) is 24.7 Å². The molecule has 0 spiro atoms. The zero-order chi connectivity index (χ0) is 20.4. The largest absolute Gasteiger partial charge is 0.497 e. The first-order valence-corrected chi connectivity index (χ1v) is 10.5. The SMILES string of the molecule is COc1cccc(CNS(=O)(=O)c2cn(-c3ccccc3)nc2C(C)(C)C)c1. The lowest BCUT2D eigenvalue weighted by Gasteiger charge is -2.17. The van der Waals surface area contributed by atoms with Gasteiger partial charge in [0.2, 0.25) is 10.0 Å². The summed E-state index contributed by atoms with van der Waals surface area (Å²) in [6.45, 7) is 6.02. The van der Waals surface area contributed by atoms with Gasteiger partial charge in [-0.1, -0.05) is 51.1 Å². The summed E-state index contributed by atoms with van der Waals surface area (Å²) in [7, 11) is -2.17. The van der Waals surface area contributed by atoms with Crippen LogP contribution in [-0.4, -0.2) is 25.3 Å². The number of nitrogens with zero attached hydrogens (tertiary/aromatic N) is 2. The van der Waals surface area contributed by atoms with Crippen LogP contribution in [0.25, 0.3) is 5.69 Å². The minimum absolute atomic E-state index is 0.166. The van der Waals surface area contributed by atoms with Crippen molar-refractivity contribution in [2.75, 3.05) is 7.11 Å². The quantitative estimate of drug-likeness (QED) is 0.687. The van der Waals surface area contributed by atoms with E-state index >= 15 is 0 Å². The van der Waals surface area contributed by atoms with Gasteiger partial charge in [-0.2, -0.15) is 5.10 Å². The van der Waals surface area contributed by atoms with Gasteiger partial charge in [-0.25, -0.2) is 17.8 Å². The maximum absolute atomic E-state index is 13.1. The molecule has 1 heterocycles. The van der Waals surface area contributed by atoms with Gasteiger partial charge >= 0.3 is 0 Å². The number of sulfonamides is 1. The Kier molecular flexibility index (Phi) is 5.58. The molecule has 6 nitrogen and oxygen atoms in total. The third-order valence-electron chi connectivity index (χ3n) is 4.30. The Morgan fingerprint density at radius 2 is 1.79 bits per heavy atom. The zero-order valence-electron chi connectivity index (χ0n) is 16.5. The number of hydrogen-bond donors (Lipinski definition) is 1. The van der Waals surface area contributed by atoms with Crippen LogP contribution in [0.2, 0.25) is 0 Å². The van der Waals surface area contributed by atoms with Crippen LogP contribution in [0.5, 0.6) is 5.75 Å². The van der Waals surface area contributed by atoms with Crippen molar-refractivity contribution in [1.82, 2.24) is 14.5 Å². The number of aromatic nitrogens is 2. The third-order valence-corrected chi connectivity index (χ3v) is 5.70.